The molecule has 0 aliphatic carbocycles. The number of anilines is 1. The number of nitriles is 1. The fraction of sp³-hybridized carbons (Fsp3) is 0.367. The summed E-state index contributed by atoms with van der Waals surface area (Å²) in [5, 5.41) is 20.7. The highest BCUT2D eigenvalue weighted by atomic mass is 19.1. The van der Waals surface area contributed by atoms with Crippen molar-refractivity contribution >= 4 is 17.6 Å². The van der Waals surface area contributed by atoms with Gasteiger partial charge in [0.15, 0.2) is 0 Å². The smallest absolute Gasteiger partial charge is 0.130 e. The molecule has 39 heavy (non-hydrogen) atoms. The van der Waals surface area contributed by atoms with E-state index >= 15 is 0 Å². The Balaban J connectivity index is 1.30. The Morgan fingerprint density at radius 1 is 1.10 bits per heavy atom. The predicted molar refractivity (Wildman–Crippen MR) is 149 cm³/mol. The highest BCUT2D eigenvalue weighted by molar-refractivity contribution is 5.93. The second-order valence-corrected chi connectivity index (χ2v) is 10.3. The first kappa shape index (κ1) is 26.7. The minimum atomic E-state index is -0.508. The summed E-state index contributed by atoms with van der Waals surface area (Å²) in [7, 11) is 2.14. The Morgan fingerprint density at radius 2 is 1.82 bits per heavy atom. The summed E-state index contributed by atoms with van der Waals surface area (Å²) in [6.07, 6.45) is 9.17. The van der Waals surface area contributed by atoms with Gasteiger partial charge in [-0.3, -0.25) is 4.90 Å². The van der Waals surface area contributed by atoms with Gasteiger partial charge in [-0.05, 0) is 74.8 Å². The summed E-state index contributed by atoms with van der Waals surface area (Å²) < 4.78 is 28.1. The Kier molecular flexibility index (Phi) is 8.15. The molecule has 1 aromatic carbocycles. The number of hydrogen-bond acceptors (Lipinski definition) is 7. The Bertz CT molecular complexity index is 1320. The van der Waals surface area contributed by atoms with Crippen LogP contribution in [0, 0.1) is 34.3 Å². The minimum Gasteiger partial charge on any atom is -0.360 e. The van der Waals surface area contributed by atoms with Gasteiger partial charge in [0.2, 0.25) is 0 Å². The van der Waals surface area contributed by atoms with Crippen LogP contribution in [0.1, 0.15) is 24.0 Å². The van der Waals surface area contributed by atoms with Gasteiger partial charge in [-0.1, -0.05) is 6.07 Å². The third-order valence-electron chi connectivity index (χ3n) is 7.89. The number of aromatic nitrogens is 1. The van der Waals surface area contributed by atoms with E-state index in [1.807, 2.05) is 24.5 Å². The Morgan fingerprint density at radius 3 is 2.44 bits per heavy atom. The number of benzene rings is 1. The molecule has 2 aromatic rings. The van der Waals surface area contributed by atoms with E-state index in [2.05, 4.69) is 39.2 Å². The highest BCUT2D eigenvalue weighted by Crippen LogP contribution is 2.34. The molecule has 0 amide bonds. The van der Waals surface area contributed by atoms with Crippen LogP contribution in [0.4, 0.5) is 14.6 Å². The molecule has 0 spiro atoms. The van der Waals surface area contributed by atoms with Gasteiger partial charge in [0.05, 0.1) is 11.3 Å². The minimum absolute atomic E-state index is 0.113. The predicted octanol–water partition coefficient (Wildman–Crippen LogP) is 4.32. The van der Waals surface area contributed by atoms with Gasteiger partial charge >= 0.3 is 0 Å². The molecule has 0 atom stereocenters. The molecule has 0 bridgehead atoms. The van der Waals surface area contributed by atoms with Crippen LogP contribution < -0.4 is 10.2 Å². The number of piperidine rings is 1. The highest BCUT2D eigenvalue weighted by Gasteiger charge is 2.25. The number of pyridine rings is 1. The summed E-state index contributed by atoms with van der Waals surface area (Å²) in [6, 6.07) is 10.1. The molecule has 7 nitrogen and oxygen atoms in total. The van der Waals surface area contributed by atoms with Crippen molar-refractivity contribution in [2.75, 3.05) is 51.2 Å². The molecule has 0 saturated carbocycles. The van der Waals surface area contributed by atoms with Crippen molar-refractivity contribution in [2.24, 2.45) is 5.92 Å². The van der Waals surface area contributed by atoms with Gasteiger partial charge in [0.25, 0.3) is 0 Å². The van der Waals surface area contributed by atoms with Gasteiger partial charge in [-0.25, -0.2) is 13.8 Å². The maximum Gasteiger partial charge on any atom is 0.130 e. The van der Waals surface area contributed by atoms with Crippen LogP contribution in [-0.2, 0) is 6.54 Å². The van der Waals surface area contributed by atoms with Crippen molar-refractivity contribution in [3.05, 3.63) is 88.4 Å². The topological polar surface area (TPSA) is 82.3 Å². The largest absolute Gasteiger partial charge is 0.360 e. The molecule has 9 heteroatoms. The van der Waals surface area contributed by atoms with E-state index in [0.29, 0.717) is 37.8 Å². The first-order valence-corrected chi connectivity index (χ1v) is 13.4. The fourth-order valence-corrected chi connectivity index (χ4v) is 5.48. The van der Waals surface area contributed by atoms with Crippen molar-refractivity contribution in [1.82, 2.24) is 20.1 Å². The first-order chi connectivity index (χ1) is 19.0. The van der Waals surface area contributed by atoms with Crippen LogP contribution in [0.3, 0.4) is 0 Å². The summed E-state index contributed by atoms with van der Waals surface area (Å²) >= 11 is 0. The zero-order chi connectivity index (χ0) is 27.4. The number of dihydropyridines is 1. The van der Waals surface area contributed by atoms with Gasteiger partial charge in [0, 0.05) is 68.0 Å². The number of piperazine rings is 1. The molecule has 2 N–H and O–H groups in total. The van der Waals surface area contributed by atoms with Crippen LogP contribution in [-0.4, -0.2) is 67.3 Å². The summed E-state index contributed by atoms with van der Waals surface area (Å²) in [5.41, 5.74) is 3.95. The maximum absolute atomic E-state index is 14.1. The third-order valence-corrected chi connectivity index (χ3v) is 7.89. The molecule has 5 rings (SSSR count). The molecule has 2 fully saturated rings. The van der Waals surface area contributed by atoms with Crippen molar-refractivity contribution in [3.8, 4) is 6.07 Å². The number of allylic oxidation sites excluding steroid dienone is 4. The normalized spacial score (nSPS) is 20.5. The molecule has 1 aromatic heterocycles. The number of rotatable bonds is 6. The summed E-state index contributed by atoms with van der Waals surface area (Å²) in [6.45, 7) is 5.10. The molecule has 4 heterocycles. The van der Waals surface area contributed by atoms with Gasteiger partial charge in [-0.2, -0.15) is 5.26 Å². The molecular formula is C30H33F2N7. The fourth-order valence-electron chi connectivity index (χ4n) is 5.48. The van der Waals surface area contributed by atoms with Gasteiger partial charge in [-0.15, -0.1) is 0 Å². The van der Waals surface area contributed by atoms with Crippen LogP contribution in [0.25, 0.3) is 5.57 Å². The lowest BCUT2D eigenvalue weighted by molar-refractivity contribution is 0.239. The van der Waals surface area contributed by atoms with Crippen molar-refractivity contribution in [1.29, 1.82) is 10.7 Å². The number of hydrogen-bond donors (Lipinski definition) is 2. The van der Waals surface area contributed by atoms with Crippen LogP contribution in [0.15, 0.2) is 65.6 Å². The molecule has 3 aliphatic heterocycles. The summed E-state index contributed by atoms with van der Waals surface area (Å²) in [5.74, 6) is 0.262. The molecular weight excluding hydrogens is 496 g/mol. The molecule has 2 saturated heterocycles. The average Bonchev–Trinajstić information content (AvgIpc) is 2.97. The molecule has 0 radical (unpaired) electrons. The number of nitrogens with zero attached hydrogens (tertiary/aromatic N) is 5. The Hall–Kier alpha value is -3.87. The van der Waals surface area contributed by atoms with Crippen molar-refractivity contribution in [3.63, 3.8) is 0 Å². The van der Waals surface area contributed by atoms with E-state index in [9.17, 15) is 14.0 Å². The van der Waals surface area contributed by atoms with E-state index in [-0.39, 0.29) is 17.7 Å². The van der Waals surface area contributed by atoms with Gasteiger partial charge < -0.3 is 20.5 Å². The van der Waals surface area contributed by atoms with E-state index < -0.39 is 11.6 Å². The zero-order valence-corrected chi connectivity index (χ0v) is 22.1. The lowest BCUT2D eigenvalue weighted by Gasteiger charge is -2.35. The Labute approximate surface area is 228 Å². The van der Waals surface area contributed by atoms with Crippen LogP contribution >= 0.6 is 0 Å². The number of halogens is 2. The lowest BCUT2D eigenvalue weighted by Crippen LogP contribution is -2.46. The second kappa shape index (κ2) is 11.9. The van der Waals surface area contributed by atoms with E-state index in [1.165, 1.54) is 23.8 Å². The van der Waals surface area contributed by atoms with Gasteiger partial charge in [0.1, 0.15) is 23.5 Å². The maximum atomic E-state index is 14.1. The summed E-state index contributed by atoms with van der Waals surface area (Å²) in [4.78, 5) is 11.3. The molecule has 3 aliphatic rings. The first-order valence-electron chi connectivity index (χ1n) is 13.4. The standard InChI is InChI=1S/C30H33F2N7/c1-37-9-7-21(8-10-37)23-15-25(30(36-19-23)24(16-33)17-34)22-5-6-29(35-18-22)39-13-11-38(12-14-39)20-26-27(31)3-2-4-28(26)32/h2-6,15-16,18-19,21,33,36H,7-14,20H2,1H3/b30-24+,33-16?. The van der Waals surface area contributed by atoms with Crippen LogP contribution in [0.2, 0.25) is 0 Å². The van der Waals surface area contributed by atoms with E-state index in [0.717, 1.165) is 49.1 Å². The second-order valence-electron chi connectivity index (χ2n) is 10.3. The average molecular weight is 530 g/mol. The quantitative estimate of drug-likeness (QED) is 0.429. The SMILES string of the molecule is CN1CCC(C2=CN/C(=C(/C#N)C=N)C(c3ccc(N4CCN(Cc5c(F)cccc5F)CC4)nc3)=C2)CC1. The van der Waals surface area contributed by atoms with E-state index in [4.69, 9.17) is 10.4 Å². The monoisotopic (exact) mass is 529 g/mol. The van der Waals surface area contributed by atoms with Crippen molar-refractivity contribution in [2.45, 2.75) is 19.4 Å². The van der Waals surface area contributed by atoms with Crippen molar-refractivity contribution < 1.29 is 8.78 Å². The number of nitrogens with one attached hydrogen (secondary N) is 2. The molecule has 202 valence electrons. The zero-order valence-electron chi connectivity index (χ0n) is 22.1. The van der Waals surface area contributed by atoms with Crippen LogP contribution in [0.5, 0.6) is 0 Å². The lowest BCUT2D eigenvalue weighted by atomic mass is 9.85. The molecule has 0 unspecified atom stereocenters. The van der Waals surface area contributed by atoms with E-state index in [1.54, 1.807) is 0 Å². The number of likely N-dealkylation sites (tertiary alicyclic amines) is 1. The third kappa shape index (κ3) is 5.92.